The molecule has 0 aliphatic carbocycles. The number of carbonyl (C=O) groups is 2. The number of halogens is 1. The lowest BCUT2D eigenvalue weighted by Gasteiger charge is -2.39. The zero-order chi connectivity index (χ0) is 18.0. The Hall–Kier alpha value is -2.63. The van der Waals surface area contributed by atoms with Crippen LogP contribution < -0.4 is 0 Å². The molecule has 2 amide bonds. The highest BCUT2D eigenvalue weighted by atomic mass is 19.1. The molecule has 0 radical (unpaired) electrons. The normalized spacial score (nSPS) is 20.6. The Kier molecular flexibility index (Phi) is 4.88. The van der Waals surface area contributed by atoms with Crippen LogP contribution in [0.25, 0.3) is 0 Å². The van der Waals surface area contributed by atoms with Gasteiger partial charge in [-0.2, -0.15) is 0 Å². The lowest BCUT2D eigenvalue weighted by Crippen LogP contribution is -2.46. The number of carbonyl (C=O) groups excluding carboxylic acids is 2. The number of hydrogen-bond acceptors (Lipinski definition) is 3. The van der Waals surface area contributed by atoms with E-state index >= 15 is 0 Å². The van der Waals surface area contributed by atoms with Crippen LogP contribution in [0, 0.1) is 11.7 Å². The molecular formula is C19H21FN2O3. The topological polar surface area (TPSA) is 53.8 Å². The summed E-state index contributed by atoms with van der Waals surface area (Å²) < 4.78 is 18.6. The second kappa shape index (κ2) is 7.09. The van der Waals surface area contributed by atoms with Gasteiger partial charge in [0.2, 0.25) is 11.8 Å². The monoisotopic (exact) mass is 344 g/mol. The highest BCUT2D eigenvalue weighted by molar-refractivity contribution is 5.84. The van der Waals surface area contributed by atoms with Crippen LogP contribution >= 0.6 is 0 Å². The standard InChI is InChI=1S/C19H21FN2O3/c1-21(12-15-4-3-11-25-15)19(24)16-9-10-17(23)22(2)18(16)13-5-7-14(20)8-6-13/h3-8,11,16,18H,9-10,12H2,1-2H3/t16-,18+/m1/s1. The Morgan fingerprint density at radius 2 is 2.04 bits per heavy atom. The molecular weight excluding hydrogens is 323 g/mol. The van der Waals surface area contributed by atoms with Crippen molar-refractivity contribution in [3.05, 3.63) is 59.8 Å². The molecule has 5 nitrogen and oxygen atoms in total. The first-order chi connectivity index (χ1) is 12.0. The second-order valence-corrected chi connectivity index (χ2v) is 6.42. The molecule has 2 aromatic rings. The zero-order valence-corrected chi connectivity index (χ0v) is 14.3. The third kappa shape index (κ3) is 3.57. The fourth-order valence-electron chi connectivity index (χ4n) is 3.41. The molecule has 0 saturated carbocycles. The van der Waals surface area contributed by atoms with Gasteiger partial charge in [-0.15, -0.1) is 0 Å². The lowest BCUT2D eigenvalue weighted by atomic mass is 9.83. The van der Waals surface area contributed by atoms with Crippen LogP contribution in [0.4, 0.5) is 4.39 Å². The maximum atomic E-state index is 13.3. The van der Waals surface area contributed by atoms with Gasteiger partial charge >= 0.3 is 0 Å². The third-order valence-electron chi connectivity index (χ3n) is 4.74. The quantitative estimate of drug-likeness (QED) is 0.857. The second-order valence-electron chi connectivity index (χ2n) is 6.42. The van der Waals surface area contributed by atoms with Crippen molar-refractivity contribution in [2.45, 2.75) is 25.4 Å². The zero-order valence-electron chi connectivity index (χ0n) is 14.3. The van der Waals surface area contributed by atoms with Crippen molar-refractivity contribution in [2.24, 2.45) is 5.92 Å². The third-order valence-corrected chi connectivity index (χ3v) is 4.74. The highest BCUT2D eigenvalue weighted by Gasteiger charge is 2.40. The number of hydrogen-bond donors (Lipinski definition) is 0. The molecule has 1 aromatic heterocycles. The summed E-state index contributed by atoms with van der Waals surface area (Å²) >= 11 is 0. The molecule has 25 heavy (non-hydrogen) atoms. The van der Waals surface area contributed by atoms with E-state index in [9.17, 15) is 14.0 Å². The molecule has 2 atom stereocenters. The predicted octanol–water partition coefficient (Wildman–Crippen LogP) is 2.99. The van der Waals surface area contributed by atoms with E-state index in [-0.39, 0.29) is 23.5 Å². The minimum atomic E-state index is -0.395. The van der Waals surface area contributed by atoms with Crippen LogP contribution in [-0.2, 0) is 16.1 Å². The van der Waals surface area contributed by atoms with E-state index < -0.39 is 6.04 Å². The predicted molar refractivity (Wildman–Crippen MR) is 89.8 cm³/mol. The smallest absolute Gasteiger partial charge is 0.228 e. The number of likely N-dealkylation sites (tertiary alicyclic amines) is 1. The average Bonchev–Trinajstić information content (AvgIpc) is 3.10. The maximum Gasteiger partial charge on any atom is 0.228 e. The van der Waals surface area contributed by atoms with Crippen molar-refractivity contribution in [3.8, 4) is 0 Å². The minimum absolute atomic E-state index is 0.00735. The number of furan rings is 1. The molecule has 0 spiro atoms. The van der Waals surface area contributed by atoms with E-state index in [2.05, 4.69) is 0 Å². The summed E-state index contributed by atoms with van der Waals surface area (Å²) in [7, 11) is 3.42. The number of piperidine rings is 1. The minimum Gasteiger partial charge on any atom is -0.467 e. The van der Waals surface area contributed by atoms with Gasteiger partial charge in [-0.05, 0) is 36.2 Å². The van der Waals surface area contributed by atoms with Gasteiger partial charge < -0.3 is 14.2 Å². The molecule has 132 valence electrons. The first kappa shape index (κ1) is 17.2. The summed E-state index contributed by atoms with van der Waals surface area (Å²) in [6.45, 7) is 0.371. The van der Waals surface area contributed by atoms with Crippen molar-refractivity contribution in [2.75, 3.05) is 14.1 Å². The van der Waals surface area contributed by atoms with Gasteiger partial charge in [0.25, 0.3) is 0 Å². The number of amides is 2. The van der Waals surface area contributed by atoms with Crippen molar-refractivity contribution in [1.29, 1.82) is 0 Å². The van der Waals surface area contributed by atoms with Gasteiger partial charge in [-0.25, -0.2) is 4.39 Å². The molecule has 1 aliphatic rings. The molecule has 6 heteroatoms. The highest BCUT2D eigenvalue weighted by Crippen LogP contribution is 2.37. The van der Waals surface area contributed by atoms with Crippen LogP contribution in [0.2, 0.25) is 0 Å². The number of benzene rings is 1. The Balaban J connectivity index is 1.84. The summed E-state index contributed by atoms with van der Waals surface area (Å²) in [6.07, 6.45) is 2.38. The Bertz CT molecular complexity index is 743. The van der Waals surface area contributed by atoms with Crippen molar-refractivity contribution < 1.29 is 18.4 Å². The fraction of sp³-hybridized carbons (Fsp3) is 0.368. The summed E-state index contributed by atoms with van der Waals surface area (Å²) in [5, 5.41) is 0. The Labute approximate surface area is 146 Å². The summed E-state index contributed by atoms with van der Waals surface area (Å²) in [5.41, 5.74) is 0.765. The van der Waals surface area contributed by atoms with Gasteiger partial charge in [0.1, 0.15) is 11.6 Å². The van der Waals surface area contributed by atoms with Crippen LogP contribution in [0.5, 0.6) is 0 Å². The molecule has 1 aliphatic heterocycles. The molecule has 2 heterocycles. The SMILES string of the molecule is CN(Cc1ccco1)C(=O)[C@@H]1CCC(=O)N(C)[C@H]1c1ccc(F)cc1. The first-order valence-electron chi connectivity index (χ1n) is 8.26. The van der Waals surface area contributed by atoms with Crippen molar-refractivity contribution >= 4 is 11.8 Å². The number of rotatable bonds is 4. The van der Waals surface area contributed by atoms with Gasteiger partial charge in [-0.1, -0.05) is 12.1 Å². The molecule has 1 saturated heterocycles. The first-order valence-corrected chi connectivity index (χ1v) is 8.26. The number of nitrogens with zero attached hydrogens (tertiary/aromatic N) is 2. The van der Waals surface area contributed by atoms with Gasteiger partial charge in [-0.3, -0.25) is 9.59 Å². The Morgan fingerprint density at radius 3 is 2.68 bits per heavy atom. The summed E-state index contributed by atoms with van der Waals surface area (Å²) in [5.74, 6) is -0.0639. The van der Waals surface area contributed by atoms with Crippen LogP contribution in [0.1, 0.15) is 30.2 Å². The van der Waals surface area contributed by atoms with E-state index in [1.54, 1.807) is 48.4 Å². The molecule has 0 unspecified atom stereocenters. The average molecular weight is 344 g/mol. The molecule has 0 N–H and O–H groups in total. The van der Waals surface area contributed by atoms with Crippen molar-refractivity contribution in [1.82, 2.24) is 9.80 Å². The molecule has 1 aromatic carbocycles. The van der Waals surface area contributed by atoms with Crippen LogP contribution in [-0.4, -0.2) is 35.7 Å². The van der Waals surface area contributed by atoms with E-state index in [0.29, 0.717) is 25.1 Å². The fourth-order valence-corrected chi connectivity index (χ4v) is 3.41. The van der Waals surface area contributed by atoms with Crippen LogP contribution in [0.3, 0.4) is 0 Å². The van der Waals surface area contributed by atoms with Gasteiger partial charge in [0, 0.05) is 20.5 Å². The largest absolute Gasteiger partial charge is 0.467 e. The van der Waals surface area contributed by atoms with E-state index in [4.69, 9.17) is 4.42 Å². The van der Waals surface area contributed by atoms with Crippen LogP contribution in [0.15, 0.2) is 47.1 Å². The molecule has 1 fully saturated rings. The van der Waals surface area contributed by atoms with E-state index in [1.165, 1.54) is 12.1 Å². The van der Waals surface area contributed by atoms with Gasteiger partial charge in [0.05, 0.1) is 24.8 Å². The van der Waals surface area contributed by atoms with E-state index in [0.717, 1.165) is 5.56 Å². The summed E-state index contributed by atoms with van der Waals surface area (Å²) in [6, 6.07) is 9.20. The van der Waals surface area contributed by atoms with E-state index in [1.807, 2.05) is 6.07 Å². The van der Waals surface area contributed by atoms with Crippen molar-refractivity contribution in [3.63, 3.8) is 0 Å². The lowest BCUT2D eigenvalue weighted by molar-refractivity contribution is -0.146. The maximum absolute atomic E-state index is 13.3. The molecule has 3 rings (SSSR count). The Morgan fingerprint density at radius 1 is 1.32 bits per heavy atom. The summed E-state index contributed by atoms with van der Waals surface area (Å²) in [4.78, 5) is 28.4. The molecule has 0 bridgehead atoms. The van der Waals surface area contributed by atoms with Gasteiger partial charge in [0.15, 0.2) is 0 Å².